The van der Waals surface area contributed by atoms with E-state index in [9.17, 15) is 9.90 Å². The molecular weight excluding hydrogens is 264 g/mol. The van der Waals surface area contributed by atoms with Gasteiger partial charge in [-0.3, -0.25) is 9.69 Å². The highest BCUT2D eigenvalue weighted by atomic mass is 16.4. The van der Waals surface area contributed by atoms with Gasteiger partial charge in [-0.05, 0) is 57.0 Å². The Hall–Kier alpha value is -1.86. The van der Waals surface area contributed by atoms with Crippen molar-refractivity contribution in [1.82, 2.24) is 4.90 Å². The Morgan fingerprint density at radius 2 is 2.14 bits per heavy atom. The molecule has 1 atom stereocenters. The van der Waals surface area contributed by atoms with Crippen molar-refractivity contribution in [2.45, 2.75) is 39.2 Å². The van der Waals surface area contributed by atoms with E-state index in [-0.39, 0.29) is 6.04 Å². The Kier molecular flexibility index (Phi) is 4.64. The van der Waals surface area contributed by atoms with Crippen LogP contribution in [0.5, 0.6) is 0 Å². The summed E-state index contributed by atoms with van der Waals surface area (Å²) in [5.41, 5.74) is 1.24. The number of nitriles is 1. The van der Waals surface area contributed by atoms with Gasteiger partial charge in [0.25, 0.3) is 0 Å². The number of carboxylic acids is 1. The van der Waals surface area contributed by atoms with Gasteiger partial charge in [0.1, 0.15) is 0 Å². The van der Waals surface area contributed by atoms with Gasteiger partial charge in [-0.25, -0.2) is 0 Å². The maximum absolute atomic E-state index is 11.5. The summed E-state index contributed by atoms with van der Waals surface area (Å²) in [7, 11) is 0. The van der Waals surface area contributed by atoms with E-state index in [0.29, 0.717) is 24.8 Å². The molecule has 0 aliphatic carbocycles. The summed E-state index contributed by atoms with van der Waals surface area (Å²) in [4.78, 5) is 13.8. The first-order chi connectivity index (χ1) is 10.0. The number of hydrogen-bond donors (Lipinski definition) is 1. The van der Waals surface area contributed by atoms with Crippen molar-refractivity contribution in [2.24, 2.45) is 5.41 Å². The molecule has 0 spiro atoms. The molecule has 1 fully saturated rings. The van der Waals surface area contributed by atoms with Gasteiger partial charge < -0.3 is 5.11 Å². The summed E-state index contributed by atoms with van der Waals surface area (Å²) in [5, 5.41) is 18.4. The van der Waals surface area contributed by atoms with Crippen molar-refractivity contribution < 1.29 is 9.90 Å². The zero-order valence-corrected chi connectivity index (χ0v) is 12.7. The minimum atomic E-state index is -0.663. The predicted molar refractivity (Wildman–Crippen MR) is 80.7 cm³/mol. The van der Waals surface area contributed by atoms with Crippen molar-refractivity contribution in [3.63, 3.8) is 0 Å². The zero-order chi connectivity index (χ0) is 15.5. The lowest BCUT2D eigenvalue weighted by atomic mass is 9.76. The highest BCUT2D eigenvalue weighted by Crippen LogP contribution is 2.37. The number of piperidine rings is 1. The van der Waals surface area contributed by atoms with E-state index < -0.39 is 11.4 Å². The van der Waals surface area contributed by atoms with Crippen LogP contribution in [0.25, 0.3) is 0 Å². The molecule has 1 aromatic rings. The van der Waals surface area contributed by atoms with E-state index in [2.05, 4.69) is 17.9 Å². The SMILES string of the molecule is CCC1(C(=O)O)CCN(C(C)c2cccc(C#N)c2)CC1. The van der Waals surface area contributed by atoms with Gasteiger partial charge in [0.05, 0.1) is 17.0 Å². The molecule has 4 nitrogen and oxygen atoms in total. The monoisotopic (exact) mass is 286 g/mol. The van der Waals surface area contributed by atoms with Gasteiger partial charge in [-0.2, -0.15) is 5.26 Å². The molecule has 112 valence electrons. The Bertz CT molecular complexity index is 554. The normalized spacial score (nSPS) is 19.7. The number of nitrogens with zero attached hydrogens (tertiary/aromatic N) is 2. The second-order valence-corrected chi connectivity index (χ2v) is 5.89. The highest BCUT2D eigenvalue weighted by molar-refractivity contribution is 5.74. The summed E-state index contributed by atoms with van der Waals surface area (Å²) < 4.78 is 0. The summed E-state index contributed by atoms with van der Waals surface area (Å²) in [5.74, 6) is -0.663. The molecule has 21 heavy (non-hydrogen) atoms. The topological polar surface area (TPSA) is 64.3 Å². The number of carboxylic acid groups (broad SMARTS) is 1. The van der Waals surface area contributed by atoms with E-state index in [1.807, 2.05) is 25.1 Å². The van der Waals surface area contributed by atoms with Crippen molar-refractivity contribution in [1.29, 1.82) is 5.26 Å². The molecular formula is C17H22N2O2. The van der Waals surface area contributed by atoms with Crippen molar-refractivity contribution in [2.75, 3.05) is 13.1 Å². The second kappa shape index (κ2) is 6.28. The number of rotatable bonds is 4. The van der Waals surface area contributed by atoms with Gasteiger partial charge in [0.2, 0.25) is 0 Å². The van der Waals surface area contributed by atoms with Crippen molar-refractivity contribution in [3.05, 3.63) is 35.4 Å². The van der Waals surface area contributed by atoms with Crippen LogP contribution in [-0.2, 0) is 4.79 Å². The van der Waals surface area contributed by atoms with Crippen LogP contribution in [0.15, 0.2) is 24.3 Å². The quantitative estimate of drug-likeness (QED) is 0.923. The molecule has 0 bridgehead atoms. The van der Waals surface area contributed by atoms with Crippen LogP contribution in [0.4, 0.5) is 0 Å². The average Bonchev–Trinajstić information content (AvgIpc) is 2.54. The third kappa shape index (κ3) is 3.08. The van der Waals surface area contributed by atoms with Crippen LogP contribution in [-0.4, -0.2) is 29.1 Å². The Labute approximate surface area is 126 Å². The molecule has 1 N–H and O–H groups in total. The fourth-order valence-electron chi connectivity index (χ4n) is 3.14. The van der Waals surface area contributed by atoms with Gasteiger partial charge in [0, 0.05) is 6.04 Å². The van der Waals surface area contributed by atoms with Crippen LogP contribution < -0.4 is 0 Å². The Balaban J connectivity index is 2.08. The van der Waals surface area contributed by atoms with Gasteiger partial charge >= 0.3 is 5.97 Å². The molecule has 1 aromatic carbocycles. The van der Waals surface area contributed by atoms with E-state index in [4.69, 9.17) is 5.26 Å². The first kappa shape index (κ1) is 15.5. The lowest BCUT2D eigenvalue weighted by Crippen LogP contribution is -2.44. The molecule has 0 saturated carbocycles. The first-order valence-corrected chi connectivity index (χ1v) is 7.50. The van der Waals surface area contributed by atoms with Crippen LogP contribution >= 0.6 is 0 Å². The summed E-state index contributed by atoms with van der Waals surface area (Å²) in [6, 6.07) is 10.0. The summed E-state index contributed by atoms with van der Waals surface area (Å²) in [6.07, 6.45) is 2.08. The molecule has 2 rings (SSSR count). The van der Waals surface area contributed by atoms with Crippen molar-refractivity contribution >= 4 is 5.97 Å². The van der Waals surface area contributed by atoms with Crippen LogP contribution in [0.1, 0.15) is 50.3 Å². The second-order valence-electron chi connectivity index (χ2n) is 5.89. The minimum absolute atomic E-state index is 0.210. The lowest BCUT2D eigenvalue weighted by Gasteiger charge is -2.41. The number of hydrogen-bond acceptors (Lipinski definition) is 3. The van der Waals surface area contributed by atoms with Gasteiger partial charge in [-0.15, -0.1) is 0 Å². The Morgan fingerprint density at radius 3 is 2.67 bits per heavy atom. The maximum atomic E-state index is 11.5. The predicted octanol–water partition coefficient (Wildman–Crippen LogP) is 3.20. The first-order valence-electron chi connectivity index (χ1n) is 7.50. The summed E-state index contributed by atoms with van der Waals surface area (Å²) in [6.45, 7) is 5.66. The minimum Gasteiger partial charge on any atom is -0.481 e. The van der Waals surface area contributed by atoms with Crippen LogP contribution in [0.3, 0.4) is 0 Å². The fraction of sp³-hybridized carbons (Fsp3) is 0.529. The molecule has 0 radical (unpaired) electrons. The maximum Gasteiger partial charge on any atom is 0.309 e. The fourth-order valence-corrected chi connectivity index (χ4v) is 3.14. The molecule has 1 saturated heterocycles. The van der Waals surface area contributed by atoms with Crippen LogP contribution in [0, 0.1) is 16.7 Å². The average molecular weight is 286 g/mol. The molecule has 1 aliphatic rings. The zero-order valence-electron chi connectivity index (χ0n) is 12.7. The Morgan fingerprint density at radius 1 is 1.48 bits per heavy atom. The van der Waals surface area contributed by atoms with E-state index in [1.165, 1.54) is 0 Å². The molecule has 0 amide bonds. The number of aliphatic carboxylic acids is 1. The van der Waals surface area contributed by atoms with E-state index >= 15 is 0 Å². The molecule has 1 heterocycles. The molecule has 1 aliphatic heterocycles. The third-order valence-electron chi connectivity index (χ3n) is 4.93. The molecule has 1 unspecified atom stereocenters. The van der Waals surface area contributed by atoms with Gasteiger partial charge in [-0.1, -0.05) is 19.1 Å². The van der Waals surface area contributed by atoms with Crippen LogP contribution in [0.2, 0.25) is 0 Å². The largest absolute Gasteiger partial charge is 0.481 e. The van der Waals surface area contributed by atoms with E-state index in [1.54, 1.807) is 6.07 Å². The summed E-state index contributed by atoms with van der Waals surface area (Å²) >= 11 is 0. The smallest absolute Gasteiger partial charge is 0.309 e. The van der Waals surface area contributed by atoms with Crippen molar-refractivity contribution in [3.8, 4) is 6.07 Å². The van der Waals surface area contributed by atoms with Gasteiger partial charge in [0.15, 0.2) is 0 Å². The number of likely N-dealkylation sites (tertiary alicyclic amines) is 1. The lowest BCUT2D eigenvalue weighted by molar-refractivity contribution is -0.152. The molecule has 0 aromatic heterocycles. The third-order valence-corrected chi connectivity index (χ3v) is 4.93. The number of carbonyl (C=O) groups is 1. The standard InChI is InChI=1S/C17H22N2O2/c1-3-17(16(20)21)7-9-19(10-8-17)13(2)15-6-4-5-14(11-15)12-18/h4-6,11,13H,3,7-10H2,1-2H3,(H,20,21). The molecule has 4 heteroatoms. The number of benzene rings is 1. The van der Waals surface area contributed by atoms with E-state index in [0.717, 1.165) is 18.7 Å². The highest BCUT2D eigenvalue weighted by Gasteiger charge is 2.40.